The number of pyridine rings is 1. The Bertz CT molecular complexity index is 543. The van der Waals surface area contributed by atoms with Gasteiger partial charge in [0.2, 0.25) is 0 Å². The second kappa shape index (κ2) is 4.69. The molecule has 0 aliphatic heterocycles. The van der Waals surface area contributed by atoms with Crippen LogP contribution in [0.15, 0.2) is 42.6 Å². The Hall–Kier alpha value is -2.30. The maximum atomic E-state index is 13.2. The summed E-state index contributed by atoms with van der Waals surface area (Å²) in [6.07, 6.45) is 1.44. The number of rotatable bonds is 2. The first-order chi connectivity index (χ1) is 8.16. The van der Waals surface area contributed by atoms with Crippen LogP contribution in [-0.4, -0.2) is 10.9 Å². The quantitative estimate of drug-likeness (QED) is 0.867. The number of nitrogens with zero attached hydrogens (tertiary/aromatic N) is 1. The van der Waals surface area contributed by atoms with E-state index in [1.54, 1.807) is 12.1 Å². The molecule has 0 aliphatic rings. The molecule has 2 aromatic rings. The molecular formula is C12H8F2N2O. The molecule has 0 atom stereocenters. The lowest BCUT2D eigenvalue weighted by molar-refractivity contribution is 0.102. The smallest absolute Gasteiger partial charge is 0.274 e. The van der Waals surface area contributed by atoms with E-state index < -0.39 is 17.5 Å². The molecule has 0 bridgehead atoms. The Morgan fingerprint density at radius 3 is 2.71 bits per heavy atom. The summed E-state index contributed by atoms with van der Waals surface area (Å²) in [6, 6.07) is 7.60. The molecule has 0 unspecified atom stereocenters. The number of carbonyl (C=O) groups excluding carboxylic acids is 1. The highest BCUT2D eigenvalue weighted by Gasteiger charge is 2.10. The number of anilines is 1. The molecule has 0 fully saturated rings. The summed E-state index contributed by atoms with van der Waals surface area (Å²) in [5.74, 6) is -1.91. The highest BCUT2D eigenvalue weighted by molar-refractivity contribution is 6.02. The standard InChI is InChI=1S/C12H8F2N2O/c13-8-4-5-9(14)11(7-8)16-12(17)10-3-1-2-6-15-10/h1-7H,(H,16,17). The summed E-state index contributed by atoms with van der Waals surface area (Å²) >= 11 is 0. The van der Waals surface area contributed by atoms with Crippen molar-refractivity contribution in [3.8, 4) is 0 Å². The Morgan fingerprint density at radius 2 is 2.00 bits per heavy atom. The van der Waals surface area contributed by atoms with E-state index in [1.165, 1.54) is 12.3 Å². The van der Waals surface area contributed by atoms with Crippen molar-refractivity contribution in [3.05, 3.63) is 59.9 Å². The van der Waals surface area contributed by atoms with Gasteiger partial charge in [0.25, 0.3) is 5.91 Å². The number of carbonyl (C=O) groups is 1. The van der Waals surface area contributed by atoms with Gasteiger partial charge in [-0.05, 0) is 24.3 Å². The monoisotopic (exact) mass is 234 g/mol. The van der Waals surface area contributed by atoms with Crippen LogP contribution in [0, 0.1) is 11.6 Å². The van der Waals surface area contributed by atoms with Crippen molar-refractivity contribution in [2.75, 3.05) is 5.32 Å². The highest BCUT2D eigenvalue weighted by Crippen LogP contribution is 2.15. The molecule has 3 nitrogen and oxygen atoms in total. The first-order valence-corrected chi connectivity index (χ1v) is 4.84. The number of amides is 1. The zero-order valence-corrected chi connectivity index (χ0v) is 8.65. The van der Waals surface area contributed by atoms with Crippen molar-refractivity contribution >= 4 is 11.6 Å². The van der Waals surface area contributed by atoms with Crippen LogP contribution in [0.1, 0.15) is 10.5 Å². The number of hydrogen-bond donors (Lipinski definition) is 1. The van der Waals surface area contributed by atoms with E-state index in [4.69, 9.17) is 0 Å². The van der Waals surface area contributed by atoms with Gasteiger partial charge in [0.05, 0.1) is 5.69 Å². The Kier molecular flexibility index (Phi) is 3.09. The molecule has 1 heterocycles. The van der Waals surface area contributed by atoms with E-state index in [-0.39, 0.29) is 11.4 Å². The average Bonchev–Trinajstić information content (AvgIpc) is 2.35. The molecule has 1 aromatic heterocycles. The first-order valence-electron chi connectivity index (χ1n) is 4.84. The molecule has 2 rings (SSSR count). The van der Waals surface area contributed by atoms with Gasteiger partial charge in [-0.25, -0.2) is 8.78 Å². The average molecular weight is 234 g/mol. The lowest BCUT2D eigenvalue weighted by atomic mass is 10.2. The number of halogens is 2. The van der Waals surface area contributed by atoms with Gasteiger partial charge in [0.1, 0.15) is 17.3 Å². The van der Waals surface area contributed by atoms with Crippen LogP contribution < -0.4 is 5.32 Å². The number of nitrogens with one attached hydrogen (secondary N) is 1. The number of aromatic nitrogens is 1. The van der Waals surface area contributed by atoms with Crippen LogP contribution >= 0.6 is 0 Å². The molecular weight excluding hydrogens is 226 g/mol. The molecule has 0 saturated carbocycles. The van der Waals surface area contributed by atoms with E-state index in [1.807, 2.05) is 0 Å². The fourth-order valence-corrected chi connectivity index (χ4v) is 1.28. The van der Waals surface area contributed by atoms with Gasteiger partial charge in [0.15, 0.2) is 0 Å². The molecule has 17 heavy (non-hydrogen) atoms. The molecule has 1 aromatic carbocycles. The summed E-state index contributed by atoms with van der Waals surface area (Å²) < 4.78 is 26.1. The predicted molar refractivity (Wildman–Crippen MR) is 58.5 cm³/mol. The van der Waals surface area contributed by atoms with Crippen molar-refractivity contribution in [3.63, 3.8) is 0 Å². The molecule has 86 valence electrons. The fraction of sp³-hybridized carbons (Fsp3) is 0. The molecule has 0 radical (unpaired) electrons. The van der Waals surface area contributed by atoms with Crippen molar-refractivity contribution in [1.82, 2.24) is 4.98 Å². The maximum Gasteiger partial charge on any atom is 0.274 e. The van der Waals surface area contributed by atoms with Gasteiger partial charge < -0.3 is 5.32 Å². The lowest BCUT2D eigenvalue weighted by Crippen LogP contribution is -2.14. The zero-order valence-electron chi connectivity index (χ0n) is 8.65. The van der Waals surface area contributed by atoms with Gasteiger partial charge in [-0.15, -0.1) is 0 Å². The van der Waals surface area contributed by atoms with Gasteiger partial charge in [-0.3, -0.25) is 9.78 Å². The van der Waals surface area contributed by atoms with Crippen LogP contribution in [0.3, 0.4) is 0 Å². The van der Waals surface area contributed by atoms with Gasteiger partial charge in [-0.2, -0.15) is 0 Å². The van der Waals surface area contributed by atoms with E-state index in [0.29, 0.717) is 0 Å². The minimum Gasteiger partial charge on any atom is -0.318 e. The van der Waals surface area contributed by atoms with Gasteiger partial charge in [-0.1, -0.05) is 6.07 Å². The van der Waals surface area contributed by atoms with Crippen LogP contribution in [-0.2, 0) is 0 Å². The Labute approximate surface area is 96.1 Å². The Balaban J connectivity index is 2.22. The molecule has 0 aliphatic carbocycles. The second-order valence-electron chi connectivity index (χ2n) is 3.29. The minimum atomic E-state index is -0.698. The van der Waals surface area contributed by atoms with Crippen molar-refractivity contribution in [1.29, 1.82) is 0 Å². The van der Waals surface area contributed by atoms with E-state index in [9.17, 15) is 13.6 Å². The molecule has 1 amide bonds. The lowest BCUT2D eigenvalue weighted by Gasteiger charge is -2.05. The molecule has 0 saturated heterocycles. The third kappa shape index (κ3) is 2.63. The zero-order chi connectivity index (χ0) is 12.3. The first kappa shape index (κ1) is 11.2. The molecule has 5 heteroatoms. The number of benzene rings is 1. The maximum absolute atomic E-state index is 13.2. The van der Waals surface area contributed by atoms with E-state index in [2.05, 4.69) is 10.3 Å². The van der Waals surface area contributed by atoms with Crippen LogP contribution in [0.4, 0.5) is 14.5 Å². The normalized spacial score (nSPS) is 10.0. The summed E-state index contributed by atoms with van der Waals surface area (Å²) in [5, 5.41) is 2.25. The van der Waals surface area contributed by atoms with Gasteiger partial charge in [0, 0.05) is 12.3 Å². The summed E-state index contributed by atoms with van der Waals surface area (Å²) in [5.41, 5.74) is -0.0724. The van der Waals surface area contributed by atoms with Crippen molar-refractivity contribution in [2.45, 2.75) is 0 Å². The van der Waals surface area contributed by atoms with E-state index >= 15 is 0 Å². The fourth-order valence-electron chi connectivity index (χ4n) is 1.28. The van der Waals surface area contributed by atoms with Crippen LogP contribution in [0.25, 0.3) is 0 Å². The SMILES string of the molecule is O=C(Nc1cc(F)ccc1F)c1ccccn1. The van der Waals surface area contributed by atoms with Crippen LogP contribution in [0.2, 0.25) is 0 Å². The molecule has 0 spiro atoms. The highest BCUT2D eigenvalue weighted by atomic mass is 19.1. The third-order valence-corrected chi connectivity index (χ3v) is 2.07. The third-order valence-electron chi connectivity index (χ3n) is 2.07. The Morgan fingerprint density at radius 1 is 1.18 bits per heavy atom. The van der Waals surface area contributed by atoms with Gasteiger partial charge >= 0.3 is 0 Å². The minimum absolute atomic E-state index is 0.135. The topological polar surface area (TPSA) is 42.0 Å². The van der Waals surface area contributed by atoms with Crippen LogP contribution in [0.5, 0.6) is 0 Å². The number of hydrogen-bond acceptors (Lipinski definition) is 2. The largest absolute Gasteiger partial charge is 0.318 e. The van der Waals surface area contributed by atoms with Crippen molar-refractivity contribution < 1.29 is 13.6 Å². The second-order valence-corrected chi connectivity index (χ2v) is 3.29. The summed E-state index contributed by atoms with van der Waals surface area (Å²) in [6.45, 7) is 0. The van der Waals surface area contributed by atoms with E-state index in [0.717, 1.165) is 18.2 Å². The predicted octanol–water partition coefficient (Wildman–Crippen LogP) is 2.61. The molecule has 1 N–H and O–H groups in total. The summed E-state index contributed by atoms with van der Waals surface area (Å²) in [7, 11) is 0. The summed E-state index contributed by atoms with van der Waals surface area (Å²) in [4.78, 5) is 15.4. The van der Waals surface area contributed by atoms with Crippen molar-refractivity contribution in [2.24, 2.45) is 0 Å².